The van der Waals surface area contributed by atoms with Crippen LogP contribution >= 0.6 is 0 Å². The number of likely N-dealkylation sites (tertiary alicyclic amines) is 1. The number of Topliss-reactive ketones (excluding diaryl/α,β-unsaturated/α-hetero) is 1. The molecule has 20 heavy (non-hydrogen) atoms. The molecule has 2 aliphatic heterocycles. The van der Waals surface area contributed by atoms with Gasteiger partial charge in [-0.3, -0.25) is 9.59 Å². The lowest BCUT2D eigenvalue weighted by molar-refractivity contribution is -0.112. The van der Waals surface area contributed by atoms with Crippen LogP contribution in [0.2, 0.25) is 0 Å². The molecule has 1 aromatic carbocycles. The van der Waals surface area contributed by atoms with Crippen LogP contribution in [0, 0.1) is 0 Å². The number of carbonyl (C=O) groups excluding carboxylic acids is 2. The third-order valence-electron chi connectivity index (χ3n) is 4.35. The van der Waals surface area contributed by atoms with Crippen LogP contribution in [0.5, 0.6) is 0 Å². The standard InChI is InChI=1S/C15H19N3O2/c1-17-7-5-10(6-8-17)18(2)11-3-4-12-13(9-11)16-15(20)14(12)19/h3-4,9-10H,5-8H2,1-2H3,(H,16,19,20). The number of fused-ring (bicyclic) bond motifs is 1. The Hall–Kier alpha value is -1.88. The van der Waals surface area contributed by atoms with E-state index >= 15 is 0 Å². The molecule has 3 rings (SSSR count). The van der Waals surface area contributed by atoms with Crippen LogP contribution in [0.4, 0.5) is 11.4 Å². The van der Waals surface area contributed by atoms with Crippen LogP contribution in [-0.4, -0.2) is 49.8 Å². The molecule has 1 amide bonds. The summed E-state index contributed by atoms with van der Waals surface area (Å²) in [5, 5.41) is 2.63. The zero-order valence-electron chi connectivity index (χ0n) is 11.8. The molecule has 0 spiro atoms. The molecule has 0 bridgehead atoms. The van der Waals surface area contributed by atoms with Gasteiger partial charge in [0, 0.05) is 18.8 Å². The van der Waals surface area contributed by atoms with Gasteiger partial charge in [-0.15, -0.1) is 0 Å². The quantitative estimate of drug-likeness (QED) is 0.827. The average Bonchev–Trinajstić information content (AvgIpc) is 2.74. The first-order chi connectivity index (χ1) is 9.56. The van der Waals surface area contributed by atoms with E-state index in [1.54, 1.807) is 6.07 Å². The number of hydrogen-bond acceptors (Lipinski definition) is 4. The molecule has 1 aromatic rings. The van der Waals surface area contributed by atoms with Gasteiger partial charge >= 0.3 is 0 Å². The van der Waals surface area contributed by atoms with Crippen molar-refractivity contribution in [3.8, 4) is 0 Å². The van der Waals surface area contributed by atoms with Crippen LogP contribution in [0.15, 0.2) is 18.2 Å². The normalized spacial score (nSPS) is 19.9. The fraction of sp³-hybridized carbons (Fsp3) is 0.467. The number of amides is 1. The molecule has 2 heterocycles. The van der Waals surface area contributed by atoms with Crippen molar-refractivity contribution in [3.63, 3.8) is 0 Å². The maximum Gasteiger partial charge on any atom is 0.296 e. The van der Waals surface area contributed by atoms with Gasteiger partial charge in [0.15, 0.2) is 0 Å². The lowest BCUT2D eigenvalue weighted by atomic mass is 10.0. The fourth-order valence-electron chi connectivity index (χ4n) is 2.95. The summed E-state index contributed by atoms with van der Waals surface area (Å²) in [6.07, 6.45) is 2.27. The number of hydrogen-bond donors (Lipinski definition) is 1. The Morgan fingerprint density at radius 3 is 2.65 bits per heavy atom. The van der Waals surface area contributed by atoms with E-state index in [4.69, 9.17) is 0 Å². The summed E-state index contributed by atoms with van der Waals surface area (Å²) in [7, 11) is 4.23. The van der Waals surface area contributed by atoms with Gasteiger partial charge < -0.3 is 15.1 Å². The topological polar surface area (TPSA) is 52.6 Å². The zero-order chi connectivity index (χ0) is 14.3. The van der Waals surface area contributed by atoms with Gasteiger partial charge in [0.05, 0.1) is 11.3 Å². The summed E-state index contributed by atoms with van der Waals surface area (Å²) in [5.74, 6) is -0.965. The summed E-state index contributed by atoms with van der Waals surface area (Å²) >= 11 is 0. The second kappa shape index (κ2) is 4.90. The Morgan fingerprint density at radius 1 is 1.25 bits per heavy atom. The summed E-state index contributed by atoms with van der Waals surface area (Å²) in [5.41, 5.74) is 2.17. The highest BCUT2D eigenvalue weighted by molar-refractivity contribution is 6.51. The van der Waals surface area contributed by atoms with E-state index < -0.39 is 11.7 Å². The second-order valence-corrected chi connectivity index (χ2v) is 5.66. The van der Waals surface area contributed by atoms with Crippen molar-refractivity contribution in [1.29, 1.82) is 0 Å². The highest BCUT2D eigenvalue weighted by Crippen LogP contribution is 2.30. The van der Waals surface area contributed by atoms with Gasteiger partial charge in [0.1, 0.15) is 0 Å². The van der Waals surface area contributed by atoms with E-state index in [2.05, 4.69) is 29.2 Å². The first-order valence-corrected chi connectivity index (χ1v) is 6.97. The Kier molecular flexibility index (Phi) is 3.22. The maximum atomic E-state index is 11.6. The Morgan fingerprint density at radius 2 is 1.95 bits per heavy atom. The molecule has 2 aliphatic rings. The van der Waals surface area contributed by atoms with Crippen LogP contribution in [0.3, 0.4) is 0 Å². The number of piperidine rings is 1. The molecular weight excluding hydrogens is 254 g/mol. The first-order valence-electron chi connectivity index (χ1n) is 6.97. The highest BCUT2D eigenvalue weighted by Gasteiger charge is 2.29. The Labute approximate surface area is 118 Å². The number of carbonyl (C=O) groups is 2. The van der Waals surface area contributed by atoms with E-state index in [-0.39, 0.29) is 0 Å². The van der Waals surface area contributed by atoms with Crippen molar-refractivity contribution in [2.75, 3.05) is 37.4 Å². The third kappa shape index (κ3) is 2.18. The third-order valence-corrected chi connectivity index (χ3v) is 4.35. The number of benzene rings is 1. The summed E-state index contributed by atoms with van der Waals surface area (Å²) in [6, 6.07) is 6.08. The lowest BCUT2D eigenvalue weighted by Gasteiger charge is -2.36. The Bertz CT molecular complexity index is 562. The molecule has 5 heteroatoms. The predicted octanol–water partition coefficient (Wildman–Crippen LogP) is 1.35. The lowest BCUT2D eigenvalue weighted by Crippen LogP contribution is -2.41. The van der Waals surface area contributed by atoms with Crippen molar-refractivity contribution >= 4 is 23.1 Å². The molecule has 0 unspecified atom stereocenters. The second-order valence-electron chi connectivity index (χ2n) is 5.66. The largest absolute Gasteiger partial charge is 0.371 e. The summed E-state index contributed by atoms with van der Waals surface area (Å²) < 4.78 is 0. The molecule has 5 nitrogen and oxygen atoms in total. The van der Waals surface area contributed by atoms with E-state index in [1.165, 1.54) is 0 Å². The van der Waals surface area contributed by atoms with Crippen molar-refractivity contribution in [2.45, 2.75) is 18.9 Å². The average molecular weight is 273 g/mol. The smallest absolute Gasteiger partial charge is 0.296 e. The van der Waals surface area contributed by atoms with Crippen LogP contribution in [0.1, 0.15) is 23.2 Å². The molecule has 106 valence electrons. The van der Waals surface area contributed by atoms with Gasteiger partial charge in [0.25, 0.3) is 11.7 Å². The van der Waals surface area contributed by atoms with Crippen molar-refractivity contribution in [2.24, 2.45) is 0 Å². The molecule has 0 atom stereocenters. The molecular formula is C15H19N3O2. The summed E-state index contributed by atoms with van der Waals surface area (Å²) in [4.78, 5) is 27.5. The monoisotopic (exact) mass is 273 g/mol. The van der Waals surface area contributed by atoms with E-state index in [0.717, 1.165) is 31.6 Å². The number of rotatable bonds is 2. The van der Waals surface area contributed by atoms with Gasteiger partial charge in [-0.2, -0.15) is 0 Å². The van der Waals surface area contributed by atoms with Crippen molar-refractivity contribution in [1.82, 2.24) is 4.90 Å². The Balaban J connectivity index is 1.80. The molecule has 0 aliphatic carbocycles. The molecule has 1 fully saturated rings. The first kappa shape index (κ1) is 13.1. The summed E-state index contributed by atoms with van der Waals surface area (Å²) in [6.45, 7) is 2.21. The van der Waals surface area contributed by atoms with Crippen LogP contribution in [-0.2, 0) is 4.79 Å². The van der Waals surface area contributed by atoms with Crippen LogP contribution in [0.25, 0.3) is 0 Å². The SMILES string of the molecule is CN1CCC(N(C)c2ccc3c(c2)NC(=O)C3=O)CC1. The van der Waals surface area contributed by atoms with E-state index in [1.807, 2.05) is 12.1 Å². The molecule has 0 aromatic heterocycles. The minimum Gasteiger partial charge on any atom is -0.371 e. The number of ketones is 1. The van der Waals surface area contributed by atoms with Crippen molar-refractivity contribution in [3.05, 3.63) is 23.8 Å². The number of nitrogens with zero attached hydrogens (tertiary/aromatic N) is 2. The predicted molar refractivity (Wildman–Crippen MR) is 78.3 cm³/mol. The number of nitrogens with one attached hydrogen (secondary N) is 1. The number of anilines is 2. The highest BCUT2D eigenvalue weighted by atomic mass is 16.2. The van der Waals surface area contributed by atoms with Gasteiger partial charge in [0.2, 0.25) is 0 Å². The maximum absolute atomic E-state index is 11.6. The van der Waals surface area contributed by atoms with Gasteiger partial charge in [-0.1, -0.05) is 0 Å². The fourth-order valence-corrected chi connectivity index (χ4v) is 2.95. The van der Waals surface area contributed by atoms with E-state index in [0.29, 0.717) is 17.3 Å². The molecule has 1 N–H and O–H groups in total. The minimum atomic E-state index is -0.529. The zero-order valence-corrected chi connectivity index (χ0v) is 11.8. The molecule has 1 saturated heterocycles. The minimum absolute atomic E-state index is 0.437. The molecule has 0 saturated carbocycles. The van der Waals surface area contributed by atoms with Crippen LogP contribution < -0.4 is 10.2 Å². The van der Waals surface area contributed by atoms with Gasteiger partial charge in [-0.05, 0) is 51.2 Å². The molecule has 0 radical (unpaired) electrons. The van der Waals surface area contributed by atoms with E-state index in [9.17, 15) is 9.59 Å². The van der Waals surface area contributed by atoms with Gasteiger partial charge in [-0.25, -0.2) is 0 Å². The van der Waals surface area contributed by atoms with Crippen molar-refractivity contribution < 1.29 is 9.59 Å².